The van der Waals surface area contributed by atoms with E-state index in [0.29, 0.717) is 37.6 Å². The number of nitrogens with one attached hydrogen (secondary N) is 3. The van der Waals surface area contributed by atoms with Crippen LogP contribution in [0.25, 0.3) is 0 Å². The van der Waals surface area contributed by atoms with Gasteiger partial charge in [-0.2, -0.15) is 0 Å². The molecule has 0 bridgehead atoms. The number of amides is 2. The molecule has 0 aliphatic heterocycles. The third-order valence-electron chi connectivity index (χ3n) is 4.60. The number of hydrogen-bond donors (Lipinski definition) is 3. The van der Waals surface area contributed by atoms with E-state index in [-0.39, 0.29) is 24.5 Å². The van der Waals surface area contributed by atoms with Crippen LogP contribution < -0.4 is 25.4 Å². The highest BCUT2D eigenvalue weighted by atomic mass is 16.5. The summed E-state index contributed by atoms with van der Waals surface area (Å²) < 4.78 is 11.4. The lowest BCUT2D eigenvalue weighted by Gasteiger charge is -2.14. The van der Waals surface area contributed by atoms with Crippen LogP contribution in [0.1, 0.15) is 39.2 Å². The summed E-state index contributed by atoms with van der Waals surface area (Å²) in [6.07, 6.45) is 1.35. The van der Waals surface area contributed by atoms with Crippen molar-refractivity contribution in [1.82, 2.24) is 10.6 Å². The van der Waals surface area contributed by atoms with E-state index in [1.807, 2.05) is 63.2 Å². The molecule has 0 heterocycles. The van der Waals surface area contributed by atoms with E-state index in [1.54, 1.807) is 6.07 Å². The van der Waals surface area contributed by atoms with Crippen molar-refractivity contribution in [3.63, 3.8) is 0 Å². The third-order valence-corrected chi connectivity index (χ3v) is 4.60. The molecule has 7 heteroatoms. The molecule has 0 aliphatic carbocycles. The summed E-state index contributed by atoms with van der Waals surface area (Å²) in [6.45, 7) is 7.50. The largest absolute Gasteiger partial charge is 0.490 e. The zero-order valence-corrected chi connectivity index (χ0v) is 18.6. The first kappa shape index (κ1) is 24.2. The lowest BCUT2D eigenvalue weighted by atomic mass is 10.2. The second-order valence-corrected chi connectivity index (χ2v) is 7.22. The van der Waals surface area contributed by atoms with E-state index in [9.17, 15) is 9.59 Å². The van der Waals surface area contributed by atoms with Gasteiger partial charge in [-0.3, -0.25) is 9.59 Å². The summed E-state index contributed by atoms with van der Waals surface area (Å²) in [5.41, 5.74) is 1.73. The fourth-order valence-corrected chi connectivity index (χ4v) is 2.80. The molecule has 0 radical (unpaired) electrons. The highest BCUT2D eigenvalue weighted by molar-refractivity contribution is 5.91. The summed E-state index contributed by atoms with van der Waals surface area (Å²) in [5, 5.41) is 9.01. The van der Waals surface area contributed by atoms with E-state index < -0.39 is 0 Å². The number of anilines is 1. The first-order valence-corrected chi connectivity index (χ1v) is 10.7. The summed E-state index contributed by atoms with van der Waals surface area (Å²) in [5.74, 6) is 0.912. The van der Waals surface area contributed by atoms with Gasteiger partial charge in [-0.15, -0.1) is 0 Å². The van der Waals surface area contributed by atoms with Gasteiger partial charge in [0, 0.05) is 31.2 Å². The summed E-state index contributed by atoms with van der Waals surface area (Å²) >= 11 is 0. The van der Waals surface area contributed by atoms with Crippen molar-refractivity contribution in [2.75, 3.05) is 25.1 Å². The van der Waals surface area contributed by atoms with Crippen LogP contribution in [0, 0.1) is 0 Å². The molecule has 0 saturated heterocycles. The van der Waals surface area contributed by atoms with Crippen LogP contribution in [0.15, 0.2) is 48.5 Å². The Labute approximate surface area is 184 Å². The van der Waals surface area contributed by atoms with E-state index >= 15 is 0 Å². The van der Waals surface area contributed by atoms with Crippen LogP contribution in [0.2, 0.25) is 0 Å². The number of ether oxygens (including phenoxy) is 2. The molecule has 2 aromatic rings. The normalized spacial score (nSPS) is 11.5. The van der Waals surface area contributed by atoms with E-state index in [0.717, 1.165) is 17.7 Å². The number of hydrogen-bond acceptors (Lipinski definition) is 5. The Bertz CT molecular complexity index is 827. The van der Waals surface area contributed by atoms with Crippen LogP contribution in [0.5, 0.6) is 11.5 Å². The maximum Gasteiger partial charge on any atom is 0.262 e. The smallest absolute Gasteiger partial charge is 0.262 e. The lowest BCUT2D eigenvalue weighted by molar-refractivity contribution is -0.121. The maximum atomic E-state index is 12.1. The molecular formula is C24H33N3O4. The molecule has 0 aromatic heterocycles. The van der Waals surface area contributed by atoms with Crippen LogP contribution in [0.4, 0.5) is 5.69 Å². The Kier molecular flexibility index (Phi) is 10.4. The van der Waals surface area contributed by atoms with Crippen molar-refractivity contribution in [1.29, 1.82) is 0 Å². The van der Waals surface area contributed by atoms with Crippen molar-refractivity contribution in [2.45, 2.75) is 46.2 Å². The second-order valence-electron chi connectivity index (χ2n) is 7.22. The van der Waals surface area contributed by atoms with Crippen molar-refractivity contribution in [3.8, 4) is 11.5 Å². The Balaban J connectivity index is 1.83. The SMILES string of the molecule is CCOc1cc(CNCCC(=O)NC(C)CC)ccc1OCC(=O)Nc1ccccc1. The molecule has 7 nitrogen and oxygen atoms in total. The molecule has 2 aromatic carbocycles. The topological polar surface area (TPSA) is 88.7 Å². The molecule has 0 aliphatic rings. The van der Waals surface area contributed by atoms with Crippen molar-refractivity contribution in [2.24, 2.45) is 0 Å². The molecule has 2 rings (SSSR count). The Morgan fingerprint density at radius 3 is 2.45 bits per heavy atom. The Morgan fingerprint density at radius 1 is 0.968 bits per heavy atom. The van der Waals surface area contributed by atoms with Gasteiger partial charge in [-0.05, 0) is 50.1 Å². The molecule has 31 heavy (non-hydrogen) atoms. The van der Waals surface area contributed by atoms with Gasteiger partial charge in [0.25, 0.3) is 5.91 Å². The number of carbonyl (C=O) groups excluding carboxylic acids is 2. The van der Waals surface area contributed by atoms with Gasteiger partial charge in [0.15, 0.2) is 18.1 Å². The van der Waals surface area contributed by atoms with Gasteiger partial charge in [-0.25, -0.2) is 0 Å². The molecule has 2 amide bonds. The van der Waals surface area contributed by atoms with Crippen LogP contribution in [-0.4, -0.2) is 37.6 Å². The monoisotopic (exact) mass is 427 g/mol. The van der Waals surface area contributed by atoms with Gasteiger partial charge in [0.2, 0.25) is 5.91 Å². The summed E-state index contributed by atoms with van der Waals surface area (Å²) in [4.78, 5) is 23.9. The molecule has 168 valence electrons. The summed E-state index contributed by atoms with van der Waals surface area (Å²) in [7, 11) is 0. The second kappa shape index (κ2) is 13.3. The molecule has 3 N–H and O–H groups in total. The average molecular weight is 428 g/mol. The lowest BCUT2D eigenvalue weighted by Crippen LogP contribution is -2.33. The first-order valence-electron chi connectivity index (χ1n) is 10.7. The zero-order chi connectivity index (χ0) is 22.5. The quantitative estimate of drug-likeness (QED) is 0.426. The van der Waals surface area contributed by atoms with Gasteiger partial charge in [-0.1, -0.05) is 31.2 Å². The predicted molar refractivity (Wildman–Crippen MR) is 122 cm³/mol. The van der Waals surface area contributed by atoms with E-state index in [1.165, 1.54) is 0 Å². The molecule has 0 saturated carbocycles. The highest BCUT2D eigenvalue weighted by Gasteiger charge is 2.10. The minimum absolute atomic E-state index is 0.0504. The third kappa shape index (κ3) is 9.09. The molecular weight excluding hydrogens is 394 g/mol. The molecule has 0 fully saturated rings. The average Bonchev–Trinajstić information content (AvgIpc) is 2.77. The van der Waals surface area contributed by atoms with E-state index in [4.69, 9.17) is 9.47 Å². The fourth-order valence-electron chi connectivity index (χ4n) is 2.80. The van der Waals surface area contributed by atoms with Crippen LogP contribution in [0.3, 0.4) is 0 Å². The first-order chi connectivity index (χ1) is 15.0. The van der Waals surface area contributed by atoms with Gasteiger partial charge in [0.1, 0.15) is 0 Å². The minimum Gasteiger partial charge on any atom is -0.490 e. The van der Waals surface area contributed by atoms with Gasteiger partial charge in [0.05, 0.1) is 6.61 Å². The Hall–Kier alpha value is -3.06. The van der Waals surface area contributed by atoms with Crippen molar-refractivity contribution < 1.29 is 19.1 Å². The molecule has 1 atom stereocenters. The number of benzene rings is 2. The number of carbonyl (C=O) groups is 2. The number of rotatable bonds is 13. The minimum atomic E-state index is -0.241. The fraction of sp³-hybridized carbons (Fsp3) is 0.417. The molecule has 0 spiro atoms. The van der Waals surface area contributed by atoms with Crippen LogP contribution in [-0.2, 0) is 16.1 Å². The number of para-hydroxylation sites is 1. The predicted octanol–water partition coefficient (Wildman–Crippen LogP) is 3.50. The summed E-state index contributed by atoms with van der Waals surface area (Å²) in [6, 6.07) is 15.0. The van der Waals surface area contributed by atoms with Gasteiger partial charge >= 0.3 is 0 Å². The standard InChI is InChI=1S/C24H33N3O4/c1-4-18(3)26-23(28)13-14-25-16-19-11-12-21(22(15-19)30-5-2)31-17-24(29)27-20-9-7-6-8-10-20/h6-12,15,18,25H,4-5,13-14,16-17H2,1-3H3,(H,26,28)(H,27,29). The van der Waals surface area contributed by atoms with Crippen molar-refractivity contribution in [3.05, 3.63) is 54.1 Å². The zero-order valence-electron chi connectivity index (χ0n) is 18.6. The van der Waals surface area contributed by atoms with E-state index in [2.05, 4.69) is 16.0 Å². The van der Waals surface area contributed by atoms with Crippen LogP contribution >= 0.6 is 0 Å². The van der Waals surface area contributed by atoms with Crippen molar-refractivity contribution >= 4 is 17.5 Å². The highest BCUT2D eigenvalue weighted by Crippen LogP contribution is 2.28. The maximum absolute atomic E-state index is 12.1. The molecule has 1 unspecified atom stereocenters. The Morgan fingerprint density at radius 2 is 1.74 bits per heavy atom. The van der Waals surface area contributed by atoms with Gasteiger partial charge < -0.3 is 25.4 Å².